The largest absolute Gasteiger partial charge is 0.474 e. The van der Waals surface area contributed by atoms with Crippen molar-refractivity contribution in [1.29, 1.82) is 0 Å². The highest BCUT2D eigenvalue weighted by molar-refractivity contribution is 5.79. The number of benzene rings is 1. The molecule has 238 valence electrons. The van der Waals surface area contributed by atoms with Crippen LogP contribution in [0.25, 0.3) is 22.3 Å². The van der Waals surface area contributed by atoms with E-state index in [1.165, 1.54) is 27.8 Å². The predicted molar refractivity (Wildman–Crippen MR) is 173 cm³/mol. The lowest BCUT2D eigenvalue weighted by atomic mass is 9.91. The Labute approximate surface area is 266 Å². The van der Waals surface area contributed by atoms with Crippen molar-refractivity contribution < 1.29 is 19.0 Å². The molecule has 4 aliphatic rings. The summed E-state index contributed by atoms with van der Waals surface area (Å²) in [5.74, 6) is 0.579. The summed E-state index contributed by atoms with van der Waals surface area (Å²) >= 11 is 0. The van der Waals surface area contributed by atoms with Crippen molar-refractivity contribution in [3.8, 4) is 28.1 Å². The first-order chi connectivity index (χ1) is 22.1. The summed E-state index contributed by atoms with van der Waals surface area (Å²) in [7, 11) is 0. The van der Waals surface area contributed by atoms with Gasteiger partial charge in [0.15, 0.2) is 0 Å². The van der Waals surface area contributed by atoms with Crippen LogP contribution in [-0.2, 0) is 20.7 Å². The molecule has 0 unspecified atom stereocenters. The Bertz CT molecular complexity index is 1440. The van der Waals surface area contributed by atoms with Crippen molar-refractivity contribution in [2.24, 2.45) is 0 Å². The lowest BCUT2D eigenvalue weighted by molar-refractivity contribution is -0.144. The molecule has 2 aromatic heterocycles. The van der Waals surface area contributed by atoms with Gasteiger partial charge in [-0.25, -0.2) is 4.98 Å². The van der Waals surface area contributed by atoms with Crippen LogP contribution in [-0.4, -0.2) is 114 Å². The summed E-state index contributed by atoms with van der Waals surface area (Å²) < 4.78 is 17.7. The van der Waals surface area contributed by atoms with Crippen LogP contribution >= 0.6 is 0 Å². The Morgan fingerprint density at radius 3 is 2.31 bits per heavy atom. The van der Waals surface area contributed by atoms with Gasteiger partial charge in [-0.2, -0.15) is 0 Å². The Kier molecular flexibility index (Phi) is 9.39. The van der Waals surface area contributed by atoms with Crippen molar-refractivity contribution in [2.45, 2.75) is 57.3 Å². The average molecular weight is 612 g/mol. The number of ether oxygens (including phenoxy) is 3. The molecule has 1 aromatic carbocycles. The number of hydrogen-bond acceptors (Lipinski definition) is 9. The zero-order valence-electron chi connectivity index (χ0n) is 26.4. The Balaban J connectivity index is 0.780. The van der Waals surface area contributed by atoms with Gasteiger partial charge in [0, 0.05) is 101 Å². The Morgan fingerprint density at radius 1 is 0.800 bits per heavy atom. The highest BCUT2D eigenvalue weighted by atomic mass is 16.5. The van der Waals surface area contributed by atoms with Crippen molar-refractivity contribution in [3.63, 3.8) is 0 Å². The minimum Gasteiger partial charge on any atom is -0.474 e. The van der Waals surface area contributed by atoms with Gasteiger partial charge in [0.25, 0.3) is 0 Å². The number of esters is 1. The van der Waals surface area contributed by atoms with E-state index in [2.05, 4.69) is 55.0 Å². The first kappa shape index (κ1) is 30.3. The first-order valence-corrected chi connectivity index (χ1v) is 16.8. The van der Waals surface area contributed by atoms with Gasteiger partial charge in [-0.15, -0.1) is 0 Å². The summed E-state index contributed by atoms with van der Waals surface area (Å²) in [5, 5.41) is 0. The summed E-state index contributed by atoms with van der Waals surface area (Å²) in [6.07, 6.45) is 11.6. The minimum absolute atomic E-state index is 0.111. The normalized spacial score (nSPS) is 22.4. The van der Waals surface area contributed by atoms with Gasteiger partial charge in [-0.3, -0.25) is 19.6 Å². The van der Waals surface area contributed by atoms with Gasteiger partial charge < -0.3 is 19.1 Å². The number of likely N-dealkylation sites (tertiary alicyclic amines) is 1. The fraction of sp³-hybridized carbons (Fsp3) is 0.528. The number of nitrogens with zero attached hydrogens (tertiary/aromatic N) is 5. The SMILES string of the molecule is CCOC(=O)CN1CCN(CCN2CCC(OC3CC(Oc4ccc(-c5ccc6c(c5)Cc5ccncc5-6)cn4)C3)CC2)CC1. The number of rotatable bonds is 11. The molecule has 2 saturated heterocycles. The molecule has 9 nitrogen and oxygen atoms in total. The summed E-state index contributed by atoms with van der Waals surface area (Å²) in [4.78, 5) is 28.0. The topological polar surface area (TPSA) is 80.3 Å². The fourth-order valence-corrected chi connectivity index (χ4v) is 7.11. The van der Waals surface area contributed by atoms with Crippen LogP contribution in [0.2, 0.25) is 0 Å². The second-order valence-electron chi connectivity index (χ2n) is 12.9. The van der Waals surface area contributed by atoms with Gasteiger partial charge in [-0.1, -0.05) is 18.2 Å². The second-order valence-corrected chi connectivity index (χ2v) is 12.9. The lowest BCUT2D eigenvalue weighted by Gasteiger charge is -2.40. The van der Waals surface area contributed by atoms with Crippen molar-refractivity contribution in [2.75, 3.05) is 65.5 Å². The highest BCUT2D eigenvalue weighted by Gasteiger charge is 2.35. The van der Waals surface area contributed by atoms with Crippen LogP contribution in [0.1, 0.15) is 43.7 Å². The minimum atomic E-state index is -0.111. The van der Waals surface area contributed by atoms with E-state index in [0.717, 1.165) is 90.0 Å². The molecule has 2 aliphatic carbocycles. The number of piperazine rings is 1. The van der Waals surface area contributed by atoms with Crippen LogP contribution in [0.5, 0.6) is 5.88 Å². The Hall–Kier alpha value is -3.37. The van der Waals surface area contributed by atoms with Crippen molar-refractivity contribution in [1.82, 2.24) is 24.7 Å². The molecule has 0 amide bonds. The van der Waals surface area contributed by atoms with Crippen molar-refractivity contribution >= 4 is 5.97 Å². The van der Waals surface area contributed by atoms with Crippen LogP contribution < -0.4 is 4.74 Å². The maximum absolute atomic E-state index is 11.7. The van der Waals surface area contributed by atoms with E-state index in [4.69, 9.17) is 14.2 Å². The predicted octanol–water partition coefficient (Wildman–Crippen LogP) is 4.29. The molecule has 45 heavy (non-hydrogen) atoms. The number of piperidine rings is 1. The molecule has 4 heterocycles. The number of fused-ring (bicyclic) bond motifs is 3. The van der Waals surface area contributed by atoms with E-state index in [0.29, 0.717) is 31.2 Å². The molecule has 0 spiro atoms. The lowest BCUT2D eigenvalue weighted by Crippen LogP contribution is -2.50. The van der Waals surface area contributed by atoms with Gasteiger partial charge >= 0.3 is 5.97 Å². The average Bonchev–Trinajstić information content (AvgIpc) is 3.42. The fourth-order valence-electron chi connectivity index (χ4n) is 7.11. The number of carbonyl (C=O) groups excluding carboxylic acids is 1. The molecular weight excluding hydrogens is 566 g/mol. The molecule has 1 saturated carbocycles. The van der Waals surface area contributed by atoms with Crippen LogP contribution in [0.4, 0.5) is 0 Å². The third-order valence-electron chi connectivity index (χ3n) is 9.87. The molecule has 3 fully saturated rings. The second kappa shape index (κ2) is 14.0. The first-order valence-electron chi connectivity index (χ1n) is 16.8. The molecule has 0 N–H and O–H groups in total. The van der Waals surface area contributed by atoms with Crippen LogP contribution in [0, 0.1) is 0 Å². The molecule has 7 rings (SSSR count). The molecule has 0 atom stereocenters. The van der Waals surface area contributed by atoms with Gasteiger partial charge in [0.2, 0.25) is 5.88 Å². The maximum atomic E-state index is 11.7. The van der Waals surface area contributed by atoms with E-state index in [9.17, 15) is 4.79 Å². The summed E-state index contributed by atoms with van der Waals surface area (Å²) in [6, 6.07) is 12.9. The summed E-state index contributed by atoms with van der Waals surface area (Å²) in [6.45, 7) is 11.0. The molecular formula is C36H45N5O4. The zero-order chi connectivity index (χ0) is 30.6. The van der Waals surface area contributed by atoms with E-state index in [1.54, 1.807) is 0 Å². The number of hydrogen-bond donors (Lipinski definition) is 0. The molecule has 3 aromatic rings. The number of carbonyl (C=O) groups is 1. The highest BCUT2D eigenvalue weighted by Crippen LogP contribution is 2.38. The maximum Gasteiger partial charge on any atom is 0.320 e. The van der Waals surface area contributed by atoms with Crippen LogP contribution in [0.15, 0.2) is 55.0 Å². The van der Waals surface area contributed by atoms with E-state index in [1.807, 2.05) is 31.6 Å². The standard InChI is InChI=1S/C36H45N5O4/c1-2-43-36(42)25-41-17-15-40(16-18-41)14-13-39-11-8-30(9-12-39)44-31-21-32(22-31)45-35-6-4-28(23-38-35)26-3-5-33-29(19-26)20-27-7-10-37-24-34(27)33/h3-7,10,19,23-24,30-32H,2,8-9,11-18,20-22,25H2,1H3. The van der Waals surface area contributed by atoms with Crippen molar-refractivity contribution in [3.05, 3.63) is 66.1 Å². The molecule has 0 radical (unpaired) electrons. The van der Waals surface area contributed by atoms with Gasteiger partial charge in [0.05, 0.1) is 25.4 Å². The Morgan fingerprint density at radius 2 is 1.56 bits per heavy atom. The van der Waals surface area contributed by atoms with E-state index in [-0.39, 0.29) is 12.1 Å². The smallest absolute Gasteiger partial charge is 0.320 e. The number of aromatic nitrogens is 2. The third-order valence-corrected chi connectivity index (χ3v) is 9.87. The van der Waals surface area contributed by atoms with E-state index >= 15 is 0 Å². The molecule has 2 aliphatic heterocycles. The molecule has 9 heteroatoms. The van der Waals surface area contributed by atoms with E-state index < -0.39 is 0 Å². The van der Waals surface area contributed by atoms with Gasteiger partial charge in [0.1, 0.15) is 6.10 Å². The third kappa shape index (κ3) is 7.38. The zero-order valence-corrected chi connectivity index (χ0v) is 26.4. The quantitative estimate of drug-likeness (QED) is 0.231. The molecule has 0 bridgehead atoms. The van der Waals surface area contributed by atoms with Gasteiger partial charge in [-0.05, 0) is 60.6 Å². The van der Waals surface area contributed by atoms with Crippen LogP contribution in [0.3, 0.4) is 0 Å². The monoisotopic (exact) mass is 611 g/mol. The number of pyridine rings is 2. The summed E-state index contributed by atoms with van der Waals surface area (Å²) in [5.41, 5.74) is 7.52.